The Bertz CT molecular complexity index is 414. The second-order valence-electron chi connectivity index (χ2n) is 4.33. The molecular formula is C13H17NO2S. The third-order valence-corrected chi connectivity index (χ3v) is 4.09. The van der Waals surface area contributed by atoms with Gasteiger partial charge in [-0.25, -0.2) is 0 Å². The van der Waals surface area contributed by atoms with Crippen LogP contribution in [0.1, 0.15) is 28.8 Å². The number of para-hydroxylation sites is 1. The number of thioether (sulfide) groups is 1. The van der Waals surface area contributed by atoms with Gasteiger partial charge in [0.1, 0.15) is 5.75 Å². The summed E-state index contributed by atoms with van der Waals surface area (Å²) in [5, 5.41) is 12.8. The summed E-state index contributed by atoms with van der Waals surface area (Å²) in [5.41, 5.74) is 1.11. The molecule has 1 aliphatic rings. The first-order chi connectivity index (χ1) is 8.18. The Balaban J connectivity index is 2.06. The molecule has 0 saturated carbocycles. The number of amides is 1. The molecule has 2 rings (SSSR count). The van der Waals surface area contributed by atoms with Gasteiger partial charge in [0.05, 0.1) is 5.56 Å². The Hall–Kier alpha value is -1.16. The summed E-state index contributed by atoms with van der Waals surface area (Å²) in [5.74, 6) is 2.13. The van der Waals surface area contributed by atoms with E-state index in [1.54, 1.807) is 25.1 Å². The van der Waals surface area contributed by atoms with Crippen molar-refractivity contribution in [3.8, 4) is 5.75 Å². The fourth-order valence-corrected chi connectivity index (χ4v) is 3.05. The van der Waals surface area contributed by atoms with Gasteiger partial charge < -0.3 is 10.4 Å². The van der Waals surface area contributed by atoms with Crippen molar-refractivity contribution >= 4 is 17.7 Å². The maximum Gasteiger partial charge on any atom is 0.255 e. The molecule has 2 N–H and O–H groups in total. The van der Waals surface area contributed by atoms with Gasteiger partial charge in [-0.15, -0.1) is 0 Å². The minimum atomic E-state index is -0.164. The maximum atomic E-state index is 12.0. The van der Waals surface area contributed by atoms with Crippen molar-refractivity contribution in [3.05, 3.63) is 29.3 Å². The molecule has 0 bridgehead atoms. The van der Waals surface area contributed by atoms with Crippen LogP contribution in [0.4, 0.5) is 0 Å². The number of hydrogen-bond donors (Lipinski definition) is 2. The Morgan fingerprint density at radius 2 is 2.12 bits per heavy atom. The minimum Gasteiger partial charge on any atom is -0.507 e. The molecule has 1 aromatic carbocycles. The van der Waals surface area contributed by atoms with Crippen molar-refractivity contribution in [2.24, 2.45) is 0 Å². The predicted molar refractivity (Wildman–Crippen MR) is 70.7 cm³/mol. The number of rotatable bonds is 2. The van der Waals surface area contributed by atoms with Crippen LogP contribution in [0.3, 0.4) is 0 Å². The molecule has 1 aromatic rings. The number of aryl methyl sites for hydroxylation is 1. The molecule has 0 aromatic heterocycles. The van der Waals surface area contributed by atoms with Crippen molar-refractivity contribution in [2.45, 2.75) is 25.8 Å². The van der Waals surface area contributed by atoms with Gasteiger partial charge in [0.25, 0.3) is 5.91 Å². The molecule has 92 valence electrons. The summed E-state index contributed by atoms with van der Waals surface area (Å²) >= 11 is 1.93. The smallest absolute Gasteiger partial charge is 0.255 e. The lowest BCUT2D eigenvalue weighted by Gasteiger charge is -2.22. The van der Waals surface area contributed by atoms with Crippen LogP contribution in [-0.2, 0) is 0 Å². The molecule has 1 heterocycles. The van der Waals surface area contributed by atoms with Gasteiger partial charge in [0, 0.05) is 6.04 Å². The highest BCUT2D eigenvalue weighted by molar-refractivity contribution is 7.99. The zero-order chi connectivity index (χ0) is 12.3. The van der Waals surface area contributed by atoms with Crippen LogP contribution in [0.25, 0.3) is 0 Å². The first-order valence-electron chi connectivity index (χ1n) is 5.85. The number of carbonyl (C=O) groups is 1. The standard InChI is InChI=1S/C13H17NO2S/c1-9-3-2-4-11(12(9)15)13(16)14-10-5-7-17-8-6-10/h2-4,10,15H,5-8H2,1H3,(H,14,16). The molecule has 3 nitrogen and oxygen atoms in total. The van der Waals surface area contributed by atoms with E-state index in [1.165, 1.54) is 0 Å². The molecular weight excluding hydrogens is 234 g/mol. The molecule has 1 amide bonds. The van der Waals surface area contributed by atoms with Crippen molar-refractivity contribution in [1.29, 1.82) is 0 Å². The van der Waals surface area contributed by atoms with E-state index < -0.39 is 0 Å². The summed E-state index contributed by atoms with van der Waals surface area (Å²) in [4.78, 5) is 12.0. The first-order valence-corrected chi connectivity index (χ1v) is 7.01. The van der Waals surface area contributed by atoms with E-state index in [4.69, 9.17) is 0 Å². The second kappa shape index (κ2) is 5.45. The van der Waals surface area contributed by atoms with Crippen molar-refractivity contribution < 1.29 is 9.90 Å². The van der Waals surface area contributed by atoms with Gasteiger partial charge in [-0.1, -0.05) is 12.1 Å². The topological polar surface area (TPSA) is 49.3 Å². The van der Waals surface area contributed by atoms with Crippen LogP contribution >= 0.6 is 11.8 Å². The van der Waals surface area contributed by atoms with E-state index in [9.17, 15) is 9.90 Å². The first kappa shape index (κ1) is 12.3. The summed E-state index contributed by atoms with van der Waals surface area (Å²) in [6, 6.07) is 5.50. The van der Waals surface area contributed by atoms with Gasteiger partial charge in [0.2, 0.25) is 0 Å². The van der Waals surface area contributed by atoms with Crippen LogP contribution in [-0.4, -0.2) is 28.6 Å². The molecule has 0 spiro atoms. The lowest BCUT2D eigenvalue weighted by atomic mass is 10.1. The summed E-state index contributed by atoms with van der Waals surface area (Å²) in [7, 11) is 0. The van der Waals surface area contributed by atoms with Crippen LogP contribution in [0.5, 0.6) is 5.75 Å². The Morgan fingerprint density at radius 3 is 2.82 bits per heavy atom. The number of nitrogens with one attached hydrogen (secondary N) is 1. The number of benzene rings is 1. The highest BCUT2D eigenvalue weighted by atomic mass is 32.2. The molecule has 1 aliphatic heterocycles. The van der Waals surface area contributed by atoms with Gasteiger partial charge in [0.15, 0.2) is 0 Å². The lowest BCUT2D eigenvalue weighted by Crippen LogP contribution is -2.37. The van der Waals surface area contributed by atoms with Gasteiger partial charge in [-0.3, -0.25) is 4.79 Å². The normalized spacial score (nSPS) is 16.8. The Labute approximate surface area is 106 Å². The summed E-state index contributed by atoms with van der Waals surface area (Å²) in [6.45, 7) is 1.80. The third-order valence-electron chi connectivity index (χ3n) is 3.04. The zero-order valence-electron chi connectivity index (χ0n) is 9.90. The van der Waals surface area contributed by atoms with Crippen LogP contribution in [0, 0.1) is 6.92 Å². The number of hydrogen-bond acceptors (Lipinski definition) is 3. The largest absolute Gasteiger partial charge is 0.507 e. The van der Waals surface area contributed by atoms with E-state index in [0.717, 1.165) is 29.9 Å². The van der Waals surface area contributed by atoms with Gasteiger partial charge in [-0.2, -0.15) is 11.8 Å². The number of phenols is 1. The van der Waals surface area contributed by atoms with E-state index >= 15 is 0 Å². The molecule has 1 fully saturated rings. The van der Waals surface area contributed by atoms with Crippen molar-refractivity contribution in [3.63, 3.8) is 0 Å². The molecule has 17 heavy (non-hydrogen) atoms. The summed E-state index contributed by atoms with van der Waals surface area (Å²) < 4.78 is 0. The molecule has 1 saturated heterocycles. The van der Waals surface area contributed by atoms with E-state index in [-0.39, 0.29) is 17.7 Å². The van der Waals surface area contributed by atoms with Crippen molar-refractivity contribution in [2.75, 3.05) is 11.5 Å². The molecule has 4 heteroatoms. The number of carbonyl (C=O) groups excluding carboxylic acids is 1. The van der Waals surface area contributed by atoms with Crippen molar-refractivity contribution in [1.82, 2.24) is 5.32 Å². The van der Waals surface area contributed by atoms with E-state index in [2.05, 4.69) is 5.32 Å². The fourth-order valence-electron chi connectivity index (χ4n) is 1.95. The number of phenolic OH excluding ortho intramolecular Hbond substituents is 1. The van der Waals surface area contributed by atoms with Gasteiger partial charge >= 0.3 is 0 Å². The quantitative estimate of drug-likeness (QED) is 0.848. The highest BCUT2D eigenvalue weighted by Gasteiger charge is 2.19. The minimum absolute atomic E-state index is 0.0928. The van der Waals surface area contributed by atoms with Gasteiger partial charge in [-0.05, 0) is 42.9 Å². The average Bonchev–Trinajstić information content (AvgIpc) is 2.34. The highest BCUT2D eigenvalue weighted by Crippen LogP contribution is 2.22. The Kier molecular flexibility index (Phi) is 3.94. The second-order valence-corrected chi connectivity index (χ2v) is 5.56. The molecule has 0 radical (unpaired) electrons. The monoisotopic (exact) mass is 251 g/mol. The van der Waals surface area contributed by atoms with E-state index in [0.29, 0.717) is 5.56 Å². The molecule has 0 aliphatic carbocycles. The molecule has 0 atom stereocenters. The lowest BCUT2D eigenvalue weighted by molar-refractivity contribution is 0.0932. The average molecular weight is 251 g/mol. The Morgan fingerprint density at radius 1 is 1.41 bits per heavy atom. The fraction of sp³-hybridized carbons (Fsp3) is 0.462. The van der Waals surface area contributed by atoms with E-state index in [1.807, 2.05) is 11.8 Å². The summed E-state index contributed by atoms with van der Waals surface area (Å²) in [6.07, 6.45) is 2.03. The number of aromatic hydroxyl groups is 1. The zero-order valence-corrected chi connectivity index (χ0v) is 10.7. The molecule has 0 unspecified atom stereocenters. The van der Waals surface area contributed by atoms with Crippen LogP contribution in [0.15, 0.2) is 18.2 Å². The predicted octanol–water partition coefficient (Wildman–Crippen LogP) is 2.33. The maximum absolute atomic E-state index is 12.0. The van der Waals surface area contributed by atoms with Crippen LogP contribution in [0.2, 0.25) is 0 Å². The van der Waals surface area contributed by atoms with Crippen LogP contribution < -0.4 is 5.32 Å². The third kappa shape index (κ3) is 2.94. The SMILES string of the molecule is Cc1cccc(C(=O)NC2CCSCC2)c1O.